The highest BCUT2D eigenvalue weighted by molar-refractivity contribution is 6.47. The van der Waals surface area contributed by atoms with Gasteiger partial charge in [-0.1, -0.05) is 0 Å². The largest absolute Gasteiger partial charge is 0.463 e. The molecule has 1 atom stereocenters. The lowest BCUT2D eigenvalue weighted by molar-refractivity contribution is 0.00485. The number of halogens is 3. The van der Waals surface area contributed by atoms with Crippen LogP contribution in [0.25, 0.3) is 5.65 Å². The fourth-order valence-corrected chi connectivity index (χ4v) is 3.95. The predicted octanol–water partition coefficient (Wildman–Crippen LogP) is 3.00. The van der Waals surface area contributed by atoms with Crippen molar-refractivity contribution < 1.29 is 17.9 Å². The van der Waals surface area contributed by atoms with E-state index in [1.165, 1.54) is 16.7 Å². The van der Waals surface area contributed by atoms with E-state index in [2.05, 4.69) is 20.4 Å². The minimum absolute atomic E-state index is 0.0768. The van der Waals surface area contributed by atoms with E-state index in [0.29, 0.717) is 17.0 Å². The van der Waals surface area contributed by atoms with Crippen LogP contribution in [0.5, 0.6) is 5.88 Å². The number of nitrogens with zero attached hydrogens (tertiary/aromatic N) is 6. The normalized spacial score (nSPS) is 16.5. The summed E-state index contributed by atoms with van der Waals surface area (Å²) in [6, 6.07) is 7.28. The van der Waals surface area contributed by atoms with Gasteiger partial charge in [-0.3, -0.25) is 14.4 Å². The number of aliphatic imine (C=N–C) groups is 1. The van der Waals surface area contributed by atoms with Crippen molar-refractivity contribution in [2.75, 3.05) is 13.1 Å². The second-order valence-corrected chi connectivity index (χ2v) is 7.98. The summed E-state index contributed by atoms with van der Waals surface area (Å²) < 4.78 is 48.2. The molecule has 0 spiro atoms. The van der Waals surface area contributed by atoms with Gasteiger partial charge < -0.3 is 15.9 Å². The van der Waals surface area contributed by atoms with Crippen molar-refractivity contribution in [2.24, 2.45) is 15.9 Å². The van der Waals surface area contributed by atoms with E-state index >= 15 is 0 Å². The molecule has 1 unspecified atom stereocenters. The highest BCUT2D eigenvalue weighted by Crippen LogP contribution is 2.29. The van der Waals surface area contributed by atoms with Gasteiger partial charge in [-0.2, -0.15) is 10.4 Å². The molecule has 9 nitrogen and oxygen atoms in total. The molecule has 4 heterocycles. The number of alkyl halides is 2. The number of nitriles is 1. The van der Waals surface area contributed by atoms with Crippen LogP contribution in [0.3, 0.4) is 0 Å². The van der Waals surface area contributed by atoms with Gasteiger partial charge in [0, 0.05) is 11.6 Å². The van der Waals surface area contributed by atoms with Gasteiger partial charge in [0.15, 0.2) is 0 Å². The van der Waals surface area contributed by atoms with Crippen molar-refractivity contribution in [1.29, 1.82) is 5.26 Å². The molecule has 0 bridgehead atoms. The fraction of sp³-hybridized carbons (Fsp3) is 0.348. The lowest BCUT2D eigenvalue weighted by atomic mass is 10.0. The first kappa shape index (κ1) is 24.2. The number of fused-ring (bicyclic) bond motifs is 1. The van der Waals surface area contributed by atoms with Crippen molar-refractivity contribution in [3.05, 3.63) is 59.4 Å². The van der Waals surface area contributed by atoms with E-state index in [1.807, 2.05) is 6.07 Å². The second kappa shape index (κ2) is 10.5. The van der Waals surface area contributed by atoms with Crippen LogP contribution in [0.4, 0.5) is 13.2 Å². The number of hydrazone groups is 1. The summed E-state index contributed by atoms with van der Waals surface area (Å²) in [5.74, 6) is 4.93. The lowest BCUT2D eigenvalue weighted by Gasteiger charge is -2.21. The molecule has 0 radical (unpaired) electrons. The molecule has 1 aliphatic heterocycles. The van der Waals surface area contributed by atoms with Crippen LogP contribution in [0.2, 0.25) is 0 Å². The number of pyridine rings is 2. The van der Waals surface area contributed by atoms with Gasteiger partial charge in [-0.15, -0.1) is 0 Å². The number of nitrogens with one attached hydrogen (secondary N) is 1. The van der Waals surface area contributed by atoms with Gasteiger partial charge in [0.2, 0.25) is 12.0 Å². The molecule has 4 rings (SSSR count). The Morgan fingerprint density at radius 2 is 2.03 bits per heavy atom. The van der Waals surface area contributed by atoms with E-state index in [1.54, 1.807) is 13.0 Å². The quantitative estimate of drug-likeness (QED) is 0.302. The maximum Gasteiger partial charge on any atom is 0.280 e. The van der Waals surface area contributed by atoms with Crippen molar-refractivity contribution in [1.82, 2.24) is 19.7 Å². The SMILES string of the molecule is CC(=NC1CCNCC1)/C(=N\N)c1cc(OC(c2ccc(F)cn2)C(F)F)n2c(C#N)cnc2c1. The molecule has 35 heavy (non-hydrogen) atoms. The standard InChI is InChI=1S/C23H23F3N8O/c1-13(32-16-4-6-29-7-5-16)21(33-28)14-8-19-31-12-17(10-27)34(19)20(9-14)35-22(23(25)26)18-3-2-15(24)11-30-18/h2-3,8-9,11-12,16,22-23,29H,4-7,28H2,1H3/b32-13?,33-21+. The molecular formula is C23H23F3N8O. The number of rotatable bonds is 7. The zero-order valence-corrected chi connectivity index (χ0v) is 18.8. The van der Waals surface area contributed by atoms with Gasteiger partial charge in [0.05, 0.1) is 29.8 Å². The van der Waals surface area contributed by atoms with Crippen LogP contribution < -0.4 is 15.9 Å². The molecule has 1 fully saturated rings. The van der Waals surface area contributed by atoms with Crippen LogP contribution in [-0.4, -0.2) is 51.3 Å². The first-order valence-corrected chi connectivity index (χ1v) is 10.9. The van der Waals surface area contributed by atoms with Crippen LogP contribution in [0.1, 0.15) is 42.8 Å². The molecule has 1 saturated heterocycles. The minimum Gasteiger partial charge on any atom is -0.463 e. The monoisotopic (exact) mass is 484 g/mol. The first-order valence-electron chi connectivity index (χ1n) is 10.9. The summed E-state index contributed by atoms with van der Waals surface area (Å²) in [5.41, 5.74) is 1.52. The van der Waals surface area contributed by atoms with E-state index in [4.69, 9.17) is 15.6 Å². The number of hydrogen-bond acceptors (Lipinski definition) is 8. The molecule has 12 heteroatoms. The van der Waals surface area contributed by atoms with Gasteiger partial charge in [0.1, 0.15) is 28.9 Å². The molecule has 1 aliphatic rings. The third-order valence-electron chi connectivity index (χ3n) is 5.64. The summed E-state index contributed by atoms with van der Waals surface area (Å²) in [4.78, 5) is 12.7. The molecular weight excluding hydrogens is 461 g/mol. The Morgan fingerprint density at radius 1 is 1.26 bits per heavy atom. The Morgan fingerprint density at radius 3 is 2.66 bits per heavy atom. The van der Waals surface area contributed by atoms with Gasteiger partial charge in [-0.25, -0.2) is 18.2 Å². The van der Waals surface area contributed by atoms with Crippen molar-refractivity contribution in [3.63, 3.8) is 0 Å². The minimum atomic E-state index is -2.99. The third kappa shape index (κ3) is 5.25. The molecule has 182 valence electrons. The molecule has 0 amide bonds. The van der Waals surface area contributed by atoms with E-state index in [-0.39, 0.29) is 29.0 Å². The van der Waals surface area contributed by atoms with E-state index < -0.39 is 18.3 Å². The van der Waals surface area contributed by atoms with E-state index in [0.717, 1.165) is 44.3 Å². The van der Waals surface area contributed by atoms with E-state index in [9.17, 15) is 18.4 Å². The average Bonchev–Trinajstić information content (AvgIpc) is 3.27. The Balaban J connectivity index is 1.77. The fourth-order valence-electron chi connectivity index (χ4n) is 3.95. The Kier molecular flexibility index (Phi) is 7.26. The molecule has 3 aromatic rings. The zero-order chi connectivity index (χ0) is 24.9. The summed E-state index contributed by atoms with van der Waals surface area (Å²) in [7, 11) is 0. The number of aromatic nitrogens is 3. The lowest BCUT2D eigenvalue weighted by Crippen LogP contribution is -2.31. The maximum atomic E-state index is 14.0. The zero-order valence-electron chi connectivity index (χ0n) is 18.8. The molecule has 0 aliphatic carbocycles. The molecule has 0 aromatic carbocycles. The summed E-state index contributed by atoms with van der Waals surface area (Å²) in [6.07, 6.45) is -0.950. The number of ether oxygens (including phenoxy) is 1. The highest BCUT2D eigenvalue weighted by Gasteiger charge is 2.28. The van der Waals surface area contributed by atoms with Crippen molar-refractivity contribution in [2.45, 2.75) is 38.3 Å². The summed E-state index contributed by atoms with van der Waals surface area (Å²) in [6.45, 7) is 3.49. The Labute approximate surface area is 199 Å². The van der Waals surface area contributed by atoms with Gasteiger partial charge in [0.25, 0.3) is 6.43 Å². The van der Waals surface area contributed by atoms with Crippen molar-refractivity contribution >= 4 is 17.1 Å². The second-order valence-electron chi connectivity index (χ2n) is 7.98. The summed E-state index contributed by atoms with van der Waals surface area (Å²) in [5, 5.41) is 16.7. The van der Waals surface area contributed by atoms with Crippen LogP contribution in [0.15, 0.2) is 46.8 Å². The van der Waals surface area contributed by atoms with Gasteiger partial charge in [-0.05, 0) is 51.1 Å². The van der Waals surface area contributed by atoms with Gasteiger partial charge >= 0.3 is 0 Å². The predicted molar refractivity (Wildman–Crippen MR) is 123 cm³/mol. The third-order valence-corrected chi connectivity index (χ3v) is 5.64. The molecule has 3 aromatic heterocycles. The number of piperidine rings is 1. The van der Waals surface area contributed by atoms with Crippen molar-refractivity contribution in [3.8, 4) is 11.9 Å². The number of imidazole rings is 1. The molecule has 3 N–H and O–H groups in total. The number of hydrogen-bond donors (Lipinski definition) is 2. The molecule has 0 saturated carbocycles. The average molecular weight is 484 g/mol. The van der Waals surface area contributed by atoms with Crippen LogP contribution >= 0.6 is 0 Å². The number of nitrogens with two attached hydrogens (primary N) is 1. The smallest absolute Gasteiger partial charge is 0.280 e. The topological polar surface area (TPSA) is 126 Å². The Bertz CT molecular complexity index is 1290. The first-order chi connectivity index (χ1) is 16.9. The highest BCUT2D eigenvalue weighted by atomic mass is 19.3. The maximum absolute atomic E-state index is 14.0. The van der Waals surface area contributed by atoms with Crippen LogP contribution in [-0.2, 0) is 0 Å². The summed E-state index contributed by atoms with van der Waals surface area (Å²) >= 11 is 0. The van der Waals surface area contributed by atoms with Crippen LogP contribution in [0, 0.1) is 17.1 Å². The Hall–Kier alpha value is -3.98.